The van der Waals surface area contributed by atoms with E-state index in [1.807, 2.05) is 24.3 Å². The predicted molar refractivity (Wildman–Crippen MR) is 116 cm³/mol. The molecule has 29 heavy (non-hydrogen) atoms. The quantitative estimate of drug-likeness (QED) is 0.544. The van der Waals surface area contributed by atoms with Crippen LogP contribution in [0, 0.1) is 6.92 Å². The van der Waals surface area contributed by atoms with E-state index in [9.17, 15) is 14.4 Å². The van der Waals surface area contributed by atoms with Gasteiger partial charge in [0.1, 0.15) is 5.00 Å². The summed E-state index contributed by atoms with van der Waals surface area (Å²) in [6.07, 6.45) is 3.06. The largest absolute Gasteiger partial charge is 0.462 e. The Bertz CT molecular complexity index is 950. The summed E-state index contributed by atoms with van der Waals surface area (Å²) in [5.41, 5.74) is 8.06. The van der Waals surface area contributed by atoms with Crippen LogP contribution in [-0.4, -0.2) is 24.4 Å². The summed E-state index contributed by atoms with van der Waals surface area (Å²) in [5, 5.41) is 2.90. The second kappa shape index (κ2) is 9.05. The molecule has 0 aliphatic carbocycles. The number of thiophene rings is 1. The van der Waals surface area contributed by atoms with Crippen LogP contribution in [0.5, 0.6) is 0 Å². The van der Waals surface area contributed by atoms with Crippen LogP contribution in [0.1, 0.15) is 64.4 Å². The van der Waals surface area contributed by atoms with Gasteiger partial charge in [0.25, 0.3) is 5.91 Å². The molecule has 6 nitrogen and oxygen atoms in total. The number of nitrogens with two attached hydrogens (primary N) is 1. The van der Waals surface area contributed by atoms with Crippen LogP contribution in [0.15, 0.2) is 30.3 Å². The van der Waals surface area contributed by atoms with Crippen molar-refractivity contribution in [2.45, 2.75) is 40.0 Å². The van der Waals surface area contributed by atoms with E-state index in [1.54, 1.807) is 19.9 Å². The molecule has 2 aromatic rings. The first-order valence-corrected chi connectivity index (χ1v) is 10.1. The van der Waals surface area contributed by atoms with Crippen LogP contribution >= 0.6 is 11.3 Å². The number of carbonyl (C=O) groups excluding carboxylic acids is 3. The summed E-state index contributed by atoms with van der Waals surface area (Å²) in [6.45, 7) is 9.87. The summed E-state index contributed by atoms with van der Waals surface area (Å²) in [5.74, 6) is -1.69. The number of hydrogen-bond donors (Lipinski definition) is 2. The SMILES string of the molecule is CCOC(=O)c1c(NC(=O)/C=C/c2ccc(C(C)(C)C)cc2)sc(C(N)=O)c1C. The molecule has 1 aromatic carbocycles. The number of benzene rings is 1. The number of anilines is 1. The molecule has 2 amide bonds. The summed E-state index contributed by atoms with van der Waals surface area (Å²) >= 11 is 0.962. The highest BCUT2D eigenvalue weighted by Gasteiger charge is 2.25. The molecule has 0 saturated carbocycles. The van der Waals surface area contributed by atoms with Crippen molar-refractivity contribution >= 4 is 40.2 Å². The van der Waals surface area contributed by atoms with Gasteiger partial charge in [-0.1, -0.05) is 45.0 Å². The van der Waals surface area contributed by atoms with E-state index < -0.39 is 17.8 Å². The zero-order valence-corrected chi connectivity index (χ0v) is 18.1. The lowest BCUT2D eigenvalue weighted by Gasteiger charge is -2.18. The smallest absolute Gasteiger partial charge is 0.341 e. The number of rotatable bonds is 6. The number of amides is 2. The molecule has 0 aliphatic rings. The van der Waals surface area contributed by atoms with Gasteiger partial charge >= 0.3 is 5.97 Å². The molecular formula is C22H26N2O4S. The van der Waals surface area contributed by atoms with Gasteiger partial charge in [-0.25, -0.2) is 4.79 Å². The van der Waals surface area contributed by atoms with Crippen molar-refractivity contribution in [2.75, 3.05) is 11.9 Å². The molecule has 3 N–H and O–H groups in total. The average molecular weight is 415 g/mol. The fourth-order valence-electron chi connectivity index (χ4n) is 2.71. The van der Waals surface area contributed by atoms with Crippen LogP contribution in [0.3, 0.4) is 0 Å². The molecule has 0 unspecified atom stereocenters. The van der Waals surface area contributed by atoms with Gasteiger partial charge < -0.3 is 15.8 Å². The van der Waals surface area contributed by atoms with Crippen molar-refractivity contribution in [1.29, 1.82) is 0 Å². The van der Waals surface area contributed by atoms with Crippen molar-refractivity contribution in [2.24, 2.45) is 5.73 Å². The maximum Gasteiger partial charge on any atom is 0.341 e. The van der Waals surface area contributed by atoms with Crippen LogP contribution in [0.25, 0.3) is 6.08 Å². The summed E-state index contributed by atoms with van der Waals surface area (Å²) in [4.78, 5) is 36.5. The summed E-state index contributed by atoms with van der Waals surface area (Å²) in [7, 11) is 0. The molecule has 0 saturated heterocycles. The Morgan fingerprint density at radius 2 is 1.79 bits per heavy atom. The lowest BCUT2D eigenvalue weighted by atomic mass is 9.87. The first kappa shape index (κ1) is 22.4. The Morgan fingerprint density at radius 1 is 1.17 bits per heavy atom. The van der Waals surface area contributed by atoms with E-state index in [1.165, 1.54) is 11.6 Å². The van der Waals surface area contributed by atoms with E-state index >= 15 is 0 Å². The van der Waals surface area contributed by atoms with E-state index in [0.29, 0.717) is 5.56 Å². The lowest BCUT2D eigenvalue weighted by Crippen LogP contribution is -2.13. The van der Waals surface area contributed by atoms with E-state index in [0.717, 1.165) is 16.9 Å². The zero-order chi connectivity index (χ0) is 21.8. The zero-order valence-electron chi connectivity index (χ0n) is 17.3. The van der Waals surface area contributed by atoms with Gasteiger partial charge in [-0.05, 0) is 42.0 Å². The third-order valence-corrected chi connectivity index (χ3v) is 5.51. The first-order chi connectivity index (χ1) is 13.5. The molecule has 0 fully saturated rings. The molecule has 154 valence electrons. The number of primary amides is 1. The minimum atomic E-state index is -0.659. The fraction of sp³-hybridized carbons (Fsp3) is 0.318. The number of esters is 1. The minimum absolute atomic E-state index is 0.0539. The van der Waals surface area contributed by atoms with Gasteiger partial charge in [-0.3, -0.25) is 9.59 Å². The highest BCUT2D eigenvalue weighted by molar-refractivity contribution is 7.18. The normalized spacial score (nSPS) is 11.5. The molecule has 0 bridgehead atoms. The van der Waals surface area contributed by atoms with Gasteiger partial charge in [0.2, 0.25) is 5.91 Å². The van der Waals surface area contributed by atoms with Crippen molar-refractivity contribution < 1.29 is 19.1 Å². The molecule has 0 aliphatic heterocycles. The average Bonchev–Trinajstić information content (AvgIpc) is 2.96. The molecule has 1 heterocycles. The Kier molecular flexibility index (Phi) is 6.97. The van der Waals surface area contributed by atoms with Crippen LogP contribution < -0.4 is 11.1 Å². The third-order valence-electron chi connectivity index (χ3n) is 4.29. The maximum absolute atomic E-state index is 12.4. The highest BCUT2D eigenvalue weighted by Crippen LogP contribution is 2.33. The van der Waals surface area contributed by atoms with Crippen LogP contribution in [0.2, 0.25) is 0 Å². The topological polar surface area (TPSA) is 98.5 Å². The van der Waals surface area contributed by atoms with Gasteiger partial charge in [0.15, 0.2) is 0 Å². The number of ether oxygens (including phenoxy) is 1. The van der Waals surface area contributed by atoms with E-state index in [4.69, 9.17) is 10.5 Å². The van der Waals surface area contributed by atoms with Crippen molar-refractivity contribution in [3.05, 3.63) is 57.5 Å². The fourth-order valence-corrected chi connectivity index (χ4v) is 3.76. The molecule has 7 heteroatoms. The standard InChI is InChI=1S/C22H26N2O4S/c1-6-28-21(27)17-13(2)18(19(23)26)29-20(17)24-16(25)12-9-14-7-10-15(11-8-14)22(3,4)5/h7-12H,6H2,1-5H3,(H2,23,26)(H,24,25)/b12-9+. The number of hydrogen-bond acceptors (Lipinski definition) is 5. The minimum Gasteiger partial charge on any atom is -0.462 e. The van der Waals surface area contributed by atoms with Gasteiger partial charge in [0.05, 0.1) is 17.0 Å². The van der Waals surface area contributed by atoms with Crippen LogP contribution in [0.4, 0.5) is 5.00 Å². The lowest BCUT2D eigenvalue weighted by molar-refractivity contribution is -0.111. The van der Waals surface area contributed by atoms with Crippen molar-refractivity contribution in [3.8, 4) is 0 Å². The second-order valence-corrected chi connectivity index (χ2v) is 8.56. The van der Waals surface area contributed by atoms with Crippen LogP contribution in [-0.2, 0) is 14.9 Å². The van der Waals surface area contributed by atoms with Gasteiger partial charge in [0, 0.05) is 6.08 Å². The number of nitrogens with one attached hydrogen (secondary N) is 1. The van der Waals surface area contributed by atoms with Crippen molar-refractivity contribution in [1.82, 2.24) is 0 Å². The molecule has 0 radical (unpaired) electrons. The number of carbonyl (C=O) groups is 3. The van der Waals surface area contributed by atoms with E-state index in [2.05, 4.69) is 26.1 Å². The van der Waals surface area contributed by atoms with E-state index in [-0.39, 0.29) is 27.5 Å². The van der Waals surface area contributed by atoms with Crippen molar-refractivity contribution in [3.63, 3.8) is 0 Å². The Hall–Kier alpha value is -2.93. The predicted octanol–water partition coefficient (Wildman–Crippen LogP) is 4.28. The molecular weight excluding hydrogens is 388 g/mol. The maximum atomic E-state index is 12.4. The summed E-state index contributed by atoms with van der Waals surface area (Å²) in [6, 6.07) is 7.93. The van der Waals surface area contributed by atoms with Gasteiger partial charge in [-0.15, -0.1) is 11.3 Å². The highest BCUT2D eigenvalue weighted by atomic mass is 32.1. The molecule has 0 atom stereocenters. The monoisotopic (exact) mass is 414 g/mol. The molecule has 1 aromatic heterocycles. The molecule has 0 spiro atoms. The summed E-state index contributed by atoms with van der Waals surface area (Å²) < 4.78 is 5.04. The van der Waals surface area contributed by atoms with Gasteiger partial charge in [-0.2, -0.15) is 0 Å². The Morgan fingerprint density at radius 3 is 2.31 bits per heavy atom. The first-order valence-electron chi connectivity index (χ1n) is 9.24. The Balaban J connectivity index is 2.21. The Labute approximate surface area is 174 Å². The second-order valence-electron chi connectivity index (χ2n) is 7.54. The molecule has 2 rings (SSSR count). The third kappa shape index (κ3) is 5.54.